The number of benzene rings is 1. The lowest BCUT2D eigenvalue weighted by Gasteiger charge is -2.29. The van der Waals surface area contributed by atoms with Gasteiger partial charge in [-0.15, -0.1) is 0 Å². The molecule has 2 atom stereocenters. The molecule has 0 amide bonds. The van der Waals surface area contributed by atoms with E-state index in [-0.39, 0.29) is 0 Å². The van der Waals surface area contributed by atoms with Gasteiger partial charge in [0.2, 0.25) is 0 Å². The van der Waals surface area contributed by atoms with Gasteiger partial charge in [0.15, 0.2) is 0 Å². The van der Waals surface area contributed by atoms with Crippen molar-refractivity contribution in [3.63, 3.8) is 0 Å². The summed E-state index contributed by atoms with van der Waals surface area (Å²) in [4.78, 5) is 0. The van der Waals surface area contributed by atoms with Gasteiger partial charge in [0, 0.05) is 43.0 Å². The Morgan fingerprint density at radius 1 is 1.40 bits per heavy atom. The van der Waals surface area contributed by atoms with Crippen molar-refractivity contribution < 1.29 is 4.74 Å². The van der Waals surface area contributed by atoms with Gasteiger partial charge in [-0.05, 0) is 25.5 Å². The van der Waals surface area contributed by atoms with Crippen LogP contribution in [-0.4, -0.2) is 22.4 Å². The molecule has 2 heterocycles. The van der Waals surface area contributed by atoms with Crippen LogP contribution in [0.25, 0.3) is 0 Å². The molecule has 3 rings (SSSR count). The van der Waals surface area contributed by atoms with E-state index in [0.717, 1.165) is 31.7 Å². The van der Waals surface area contributed by atoms with Crippen molar-refractivity contribution in [1.82, 2.24) is 15.1 Å². The molecule has 20 heavy (non-hydrogen) atoms. The SMILES string of the molecule is C[C@@H](CCn1cccn1)N[C@H]1CCOc2ccccc21. The van der Waals surface area contributed by atoms with E-state index in [2.05, 4.69) is 35.5 Å². The molecule has 0 unspecified atom stereocenters. The monoisotopic (exact) mass is 271 g/mol. The van der Waals surface area contributed by atoms with Gasteiger partial charge >= 0.3 is 0 Å². The molecule has 0 spiro atoms. The van der Waals surface area contributed by atoms with Crippen molar-refractivity contribution in [2.24, 2.45) is 0 Å². The van der Waals surface area contributed by atoms with Crippen molar-refractivity contribution in [3.8, 4) is 5.75 Å². The Morgan fingerprint density at radius 2 is 2.30 bits per heavy atom. The molecule has 1 N–H and O–H groups in total. The highest BCUT2D eigenvalue weighted by Gasteiger charge is 2.21. The summed E-state index contributed by atoms with van der Waals surface area (Å²) in [5.74, 6) is 1.02. The van der Waals surface area contributed by atoms with Gasteiger partial charge in [0.05, 0.1) is 6.61 Å². The first kappa shape index (κ1) is 13.2. The highest BCUT2D eigenvalue weighted by atomic mass is 16.5. The minimum absolute atomic E-state index is 0.396. The molecule has 2 aromatic rings. The molecule has 106 valence electrons. The van der Waals surface area contributed by atoms with Gasteiger partial charge in [-0.25, -0.2) is 0 Å². The Morgan fingerprint density at radius 3 is 3.15 bits per heavy atom. The number of fused-ring (bicyclic) bond motifs is 1. The molecular weight excluding hydrogens is 250 g/mol. The second-order valence-corrected chi connectivity index (χ2v) is 5.35. The molecule has 0 saturated carbocycles. The molecule has 1 aromatic heterocycles. The van der Waals surface area contributed by atoms with Crippen LogP contribution in [0.2, 0.25) is 0 Å². The number of hydrogen-bond donors (Lipinski definition) is 1. The molecule has 0 radical (unpaired) electrons. The lowest BCUT2D eigenvalue weighted by molar-refractivity contribution is 0.242. The first-order chi connectivity index (χ1) is 9.83. The number of para-hydroxylation sites is 1. The standard InChI is InChI=1S/C16H21N3O/c1-13(7-11-19-10-4-9-17-19)18-15-8-12-20-16-6-3-2-5-14(15)16/h2-6,9-10,13,15,18H,7-8,11-12H2,1H3/t13-,15-/m0/s1. The summed E-state index contributed by atoms with van der Waals surface area (Å²) >= 11 is 0. The molecule has 4 nitrogen and oxygen atoms in total. The average Bonchev–Trinajstić information content (AvgIpc) is 2.99. The number of hydrogen-bond acceptors (Lipinski definition) is 3. The van der Waals surface area contributed by atoms with Crippen LogP contribution in [-0.2, 0) is 6.54 Å². The molecular formula is C16H21N3O. The number of nitrogens with zero attached hydrogens (tertiary/aromatic N) is 2. The van der Waals surface area contributed by atoms with Crippen molar-refractivity contribution in [2.45, 2.75) is 38.4 Å². The summed E-state index contributed by atoms with van der Waals surface area (Å²) in [6.07, 6.45) is 5.94. The van der Waals surface area contributed by atoms with Crippen LogP contribution in [0.4, 0.5) is 0 Å². The van der Waals surface area contributed by atoms with Crippen molar-refractivity contribution in [3.05, 3.63) is 48.3 Å². The largest absolute Gasteiger partial charge is 0.493 e. The van der Waals surface area contributed by atoms with E-state index in [9.17, 15) is 0 Å². The fourth-order valence-electron chi connectivity index (χ4n) is 2.70. The number of ether oxygens (including phenoxy) is 1. The summed E-state index contributed by atoms with van der Waals surface area (Å²) in [6.45, 7) is 3.98. The molecule has 0 bridgehead atoms. The zero-order valence-electron chi connectivity index (χ0n) is 11.8. The third-order valence-corrected chi connectivity index (χ3v) is 3.79. The Bertz CT molecular complexity index is 538. The first-order valence-corrected chi connectivity index (χ1v) is 7.28. The van der Waals surface area contributed by atoms with E-state index in [1.807, 2.05) is 29.2 Å². The average molecular weight is 271 g/mol. The first-order valence-electron chi connectivity index (χ1n) is 7.28. The van der Waals surface area contributed by atoms with E-state index in [1.54, 1.807) is 0 Å². The van der Waals surface area contributed by atoms with E-state index in [1.165, 1.54) is 5.56 Å². The molecule has 1 aliphatic heterocycles. The fourth-order valence-corrected chi connectivity index (χ4v) is 2.70. The van der Waals surface area contributed by atoms with Crippen LogP contribution >= 0.6 is 0 Å². The van der Waals surface area contributed by atoms with Crippen LogP contribution in [0.3, 0.4) is 0 Å². The topological polar surface area (TPSA) is 39.1 Å². The number of aromatic nitrogens is 2. The Balaban J connectivity index is 1.58. The third kappa shape index (κ3) is 3.02. The van der Waals surface area contributed by atoms with Crippen LogP contribution in [0.15, 0.2) is 42.7 Å². The Labute approximate surface area is 119 Å². The lowest BCUT2D eigenvalue weighted by atomic mass is 9.99. The normalized spacial score (nSPS) is 19.1. The molecule has 1 aliphatic rings. The molecule has 1 aromatic carbocycles. The van der Waals surface area contributed by atoms with Gasteiger partial charge in [-0.3, -0.25) is 4.68 Å². The summed E-state index contributed by atoms with van der Waals surface area (Å²) in [7, 11) is 0. The van der Waals surface area contributed by atoms with Gasteiger partial charge in [0.1, 0.15) is 5.75 Å². The van der Waals surface area contributed by atoms with Crippen molar-refractivity contribution in [2.75, 3.05) is 6.61 Å². The summed E-state index contributed by atoms with van der Waals surface area (Å²) < 4.78 is 7.68. The van der Waals surface area contributed by atoms with Crippen molar-refractivity contribution in [1.29, 1.82) is 0 Å². The Kier molecular flexibility index (Phi) is 4.02. The number of rotatable bonds is 5. The lowest BCUT2D eigenvalue weighted by Crippen LogP contribution is -2.34. The zero-order valence-corrected chi connectivity index (χ0v) is 11.8. The van der Waals surface area contributed by atoms with E-state index in [0.29, 0.717) is 12.1 Å². The molecule has 0 fully saturated rings. The van der Waals surface area contributed by atoms with Crippen molar-refractivity contribution >= 4 is 0 Å². The van der Waals surface area contributed by atoms with Gasteiger partial charge < -0.3 is 10.1 Å². The maximum Gasteiger partial charge on any atom is 0.124 e. The fraction of sp³-hybridized carbons (Fsp3) is 0.438. The third-order valence-electron chi connectivity index (χ3n) is 3.79. The Hall–Kier alpha value is -1.81. The summed E-state index contributed by atoms with van der Waals surface area (Å²) in [5, 5.41) is 7.96. The van der Waals surface area contributed by atoms with Gasteiger partial charge in [-0.1, -0.05) is 18.2 Å². The minimum Gasteiger partial charge on any atom is -0.493 e. The zero-order chi connectivity index (χ0) is 13.8. The maximum atomic E-state index is 5.70. The smallest absolute Gasteiger partial charge is 0.124 e. The molecule has 0 aliphatic carbocycles. The van der Waals surface area contributed by atoms with Crippen LogP contribution in [0, 0.1) is 0 Å². The van der Waals surface area contributed by atoms with E-state index >= 15 is 0 Å². The predicted octanol–water partition coefficient (Wildman–Crippen LogP) is 2.78. The molecule has 0 saturated heterocycles. The van der Waals surface area contributed by atoms with Crippen LogP contribution in [0.5, 0.6) is 5.75 Å². The molecule has 4 heteroatoms. The van der Waals surface area contributed by atoms with Gasteiger partial charge in [0.25, 0.3) is 0 Å². The van der Waals surface area contributed by atoms with E-state index < -0.39 is 0 Å². The highest BCUT2D eigenvalue weighted by Crippen LogP contribution is 2.31. The summed E-state index contributed by atoms with van der Waals surface area (Å²) in [5.41, 5.74) is 1.28. The van der Waals surface area contributed by atoms with E-state index in [4.69, 9.17) is 4.74 Å². The van der Waals surface area contributed by atoms with Crippen LogP contribution in [0.1, 0.15) is 31.4 Å². The highest BCUT2D eigenvalue weighted by molar-refractivity contribution is 5.37. The second-order valence-electron chi connectivity index (χ2n) is 5.35. The maximum absolute atomic E-state index is 5.70. The number of nitrogens with one attached hydrogen (secondary N) is 1. The minimum atomic E-state index is 0.396. The second kappa shape index (κ2) is 6.09. The summed E-state index contributed by atoms with van der Waals surface area (Å²) in [6, 6.07) is 11.1. The predicted molar refractivity (Wildman–Crippen MR) is 78.7 cm³/mol. The van der Waals surface area contributed by atoms with Gasteiger partial charge in [-0.2, -0.15) is 5.10 Å². The van der Waals surface area contributed by atoms with Crippen LogP contribution < -0.4 is 10.1 Å². The quantitative estimate of drug-likeness (QED) is 0.909. The number of aryl methyl sites for hydroxylation is 1.